The molecule has 0 saturated carbocycles. The maximum absolute atomic E-state index is 6.15. The maximum Gasteiger partial charge on any atom is 0.152 e. The second-order valence-corrected chi connectivity index (χ2v) is 5.62. The van der Waals surface area contributed by atoms with Gasteiger partial charge in [-0.3, -0.25) is 0 Å². The average Bonchev–Trinajstić information content (AvgIpc) is 2.44. The maximum atomic E-state index is 6.15. The first-order valence-corrected chi connectivity index (χ1v) is 5.81. The third-order valence-electron chi connectivity index (χ3n) is 2.88. The molecule has 0 aliphatic carbocycles. The molecule has 0 amide bonds. The monoisotopic (exact) mass is 227 g/mol. The third kappa shape index (κ3) is 1.79. The van der Waals surface area contributed by atoms with Gasteiger partial charge in [0.15, 0.2) is 5.15 Å². The van der Waals surface area contributed by atoms with Crippen LogP contribution in [-0.2, 0) is 12.0 Å². The molecule has 0 bridgehead atoms. The molecule has 1 aromatic rings. The number of hydrogen-bond acceptors (Lipinski definition) is 2. The zero-order valence-electron chi connectivity index (χ0n) is 9.55. The molecule has 0 spiro atoms. The van der Waals surface area contributed by atoms with Gasteiger partial charge >= 0.3 is 0 Å². The topological polar surface area (TPSA) is 43.8 Å². The van der Waals surface area contributed by atoms with Crippen LogP contribution in [0.2, 0.25) is 5.15 Å². The van der Waals surface area contributed by atoms with Gasteiger partial charge in [-0.25, -0.2) is 4.98 Å². The summed E-state index contributed by atoms with van der Waals surface area (Å²) in [6, 6.07) is 0.0508. The van der Waals surface area contributed by atoms with Gasteiger partial charge in [0.05, 0.1) is 5.69 Å². The number of rotatable bonds is 0. The summed E-state index contributed by atoms with van der Waals surface area (Å²) >= 11 is 6.15. The van der Waals surface area contributed by atoms with Crippen molar-refractivity contribution >= 4 is 11.6 Å². The predicted molar refractivity (Wildman–Crippen MR) is 62.1 cm³/mol. The van der Waals surface area contributed by atoms with Crippen LogP contribution in [0.1, 0.15) is 51.2 Å². The first kappa shape index (κ1) is 11.0. The fourth-order valence-electron chi connectivity index (χ4n) is 2.19. The van der Waals surface area contributed by atoms with Crippen LogP contribution in [0.5, 0.6) is 0 Å². The number of aromatic nitrogens is 2. The summed E-state index contributed by atoms with van der Waals surface area (Å²) in [6.07, 6.45) is 2.12. The van der Waals surface area contributed by atoms with E-state index < -0.39 is 0 Å². The molecule has 2 N–H and O–H groups in total. The fourth-order valence-corrected chi connectivity index (χ4v) is 2.52. The summed E-state index contributed by atoms with van der Waals surface area (Å²) in [7, 11) is 0. The van der Waals surface area contributed by atoms with E-state index in [0.717, 1.165) is 30.9 Å². The van der Waals surface area contributed by atoms with Crippen molar-refractivity contribution in [1.29, 1.82) is 0 Å². The Balaban J connectivity index is 2.56. The number of fused-ring (bicyclic) bond motifs is 1. The lowest BCUT2D eigenvalue weighted by Gasteiger charge is -2.26. The summed E-state index contributed by atoms with van der Waals surface area (Å²) in [5.74, 6) is 1.05. The van der Waals surface area contributed by atoms with Crippen molar-refractivity contribution in [3.63, 3.8) is 0 Å². The van der Waals surface area contributed by atoms with Crippen LogP contribution in [0.4, 0.5) is 0 Å². The molecule has 3 nitrogen and oxygen atoms in total. The van der Waals surface area contributed by atoms with Crippen LogP contribution in [0.25, 0.3) is 0 Å². The number of hydrogen-bond donors (Lipinski definition) is 1. The van der Waals surface area contributed by atoms with Crippen molar-refractivity contribution in [3.05, 3.63) is 16.7 Å². The van der Waals surface area contributed by atoms with Gasteiger partial charge in [0, 0.05) is 18.0 Å². The Morgan fingerprint density at radius 1 is 1.47 bits per heavy atom. The van der Waals surface area contributed by atoms with E-state index in [1.54, 1.807) is 0 Å². The van der Waals surface area contributed by atoms with Gasteiger partial charge in [-0.15, -0.1) is 0 Å². The number of nitrogens with two attached hydrogens (primary N) is 1. The van der Waals surface area contributed by atoms with Crippen LogP contribution < -0.4 is 5.73 Å². The van der Waals surface area contributed by atoms with Gasteiger partial charge in [-0.1, -0.05) is 32.4 Å². The third-order valence-corrected chi connectivity index (χ3v) is 3.16. The quantitative estimate of drug-likeness (QED) is 0.741. The minimum atomic E-state index is 0.0267. The van der Waals surface area contributed by atoms with Gasteiger partial charge in [0.1, 0.15) is 5.82 Å². The summed E-state index contributed by atoms with van der Waals surface area (Å²) < 4.78 is 2.20. The van der Waals surface area contributed by atoms with Gasteiger partial charge < -0.3 is 10.3 Å². The van der Waals surface area contributed by atoms with E-state index in [9.17, 15) is 0 Å². The van der Waals surface area contributed by atoms with Crippen molar-refractivity contribution in [3.8, 4) is 0 Å². The molecule has 1 aliphatic heterocycles. The van der Waals surface area contributed by atoms with E-state index in [-0.39, 0.29) is 11.5 Å². The smallest absolute Gasteiger partial charge is 0.152 e. The zero-order valence-corrected chi connectivity index (χ0v) is 10.3. The van der Waals surface area contributed by atoms with Crippen LogP contribution in [-0.4, -0.2) is 9.55 Å². The Hall–Kier alpha value is -0.540. The molecule has 4 heteroatoms. The average molecular weight is 228 g/mol. The highest BCUT2D eigenvalue weighted by Crippen LogP contribution is 2.34. The second-order valence-electron chi connectivity index (χ2n) is 5.26. The number of imidazole rings is 1. The SMILES string of the molecule is CC(C)(C)c1nc(Cl)c2n1CCCC2N. The van der Waals surface area contributed by atoms with Gasteiger partial charge in [-0.2, -0.15) is 0 Å². The first-order chi connectivity index (χ1) is 6.91. The van der Waals surface area contributed by atoms with Crippen molar-refractivity contribution in [2.24, 2.45) is 5.73 Å². The molecule has 1 unspecified atom stereocenters. The molecule has 84 valence electrons. The van der Waals surface area contributed by atoms with E-state index in [1.165, 1.54) is 0 Å². The van der Waals surface area contributed by atoms with E-state index in [0.29, 0.717) is 5.15 Å². The van der Waals surface area contributed by atoms with E-state index in [1.807, 2.05) is 0 Å². The zero-order chi connectivity index (χ0) is 11.2. The summed E-state index contributed by atoms with van der Waals surface area (Å²) in [5.41, 5.74) is 7.11. The minimum Gasteiger partial charge on any atom is -0.329 e. The lowest BCUT2D eigenvalue weighted by atomic mass is 9.95. The summed E-state index contributed by atoms with van der Waals surface area (Å²) in [5, 5.41) is 0.590. The van der Waals surface area contributed by atoms with Crippen LogP contribution >= 0.6 is 11.6 Å². The molecule has 0 saturated heterocycles. The first-order valence-electron chi connectivity index (χ1n) is 5.43. The normalized spacial score (nSPS) is 21.5. The Labute approximate surface area is 95.6 Å². The molecule has 2 rings (SSSR count). The van der Waals surface area contributed by atoms with Crippen molar-refractivity contribution in [2.75, 3.05) is 0 Å². The molecule has 1 aromatic heterocycles. The molecule has 0 aromatic carbocycles. The highest BCUT2D eigenvalue weighted by atomic mass is 35.5. The van der Waals surface area contributed by atoms with Gasteiger partial charge in [0.2, 0.25) is 0 Å². The molecule has 0 fully saturated rings. The largest absolute Gasteiger partial charge is 0.329 e. The predicted octanol–water partition coefficient (Wildman–Crippen LogP) is 2.63. The lowest BCUT2D eigenvalue weighted by molar-refractivity contribution is 0.419. The van der Waals surface area contributed by atoms with E-state index in [2.05, 4.69) is 30.3 Å². The Bertz CT molecular complexity index is 376. The molecular weight excluding hydrogens is 210 g/mol. The standard InChI is InChI=1S/C11H18ClN3/c1-11(2,3)10-14-9(12)8-7(13)5-4-6-15(8)10/h7H,4-6,13H2,1-3H3. The van der Waals surface area contributed by atoms with Crippen molar-refractivity contribution < 1.29 is 0 Å². The number of nitrogens with zero attached hydrogens (tertiary/aromatic N) is 2. The van der Waals surface area contributed by atoms with Gasteiger partial charge in [0.25, 0.3) is 0 Å². The Morgan fingerprint density at radius 2 is 2.13 bits per heavy atom. The van der Waals surface area contributed by atoms with Crippen molar-refractivity contribution in [2.45, 2.75) is 51.6 Å². The van der Waals surface area contributed by atoms with E-state index >= 15 is 0 Å². The van der Waals surface area contributed by atoms with Gasteiger partial charge in [-0.05, 0) is 12.8 Å². The minimum absolute atomic E-state index is 0.0267. The fraction of sp³-hybridized carbons (Fsp3) is 0.727. The lowest BCUT2D eigenvalue weighted by Crippen LogP contribution is -2.26. The summed E-state index contributed by atoms with van der Waals surface area (Å²) in [6.45, 7) is 7.45. The van der Waals surface area contributed by atoms with Crippen molar-refractivity contribution in [1.82, 2.24) is 9.55 Å². The molecule has 0 radical (unpaired) electrons. The van der Waals surface area contributed by atoms with Crippen LogP contribution in [0.15, 0.2) is 0 Å². The number of halogens is 1. The molecule has 1 aliphatic rings. The molecule has 2 heterocycles. The highest BCUT2D eigenvalue weighted by Gasteiger charge is 2.29. The highest BCUT2D eigenvalue weighted by molar-refractivity contribution is 6.30. The molecule has 1 atom stereocenters. The second kappa shape index (κ2) is 3.49. The summed E-state index contributed by atoms with van der Waals surface area (Å²) in [4.78, 5) is 4.46. The molecule has 15 heavy (non-hydrogen) atoms. The van der Waals surface area contributed by atoms with Crippen LogP contribution in [0, 0.1) is 0 Å². The Kier molecular flexibility index (Phi) is 2.55. The van der Waals surface area contributed by atoms with Crippen LogP contribution in [0.3, 0.4) is 0 Å². The van der Waals surface area contributed by atoms with E-state index in [4.69, 9.17) is 17.3 Å². The Morgan fingerprint density at radius 3 is 2.73 bits per heavy atom. The molecular formula is C11H18ClN3.